The Morgan fingerprint density at radius 3 is 2.58 bits per heavy atom. The number of rotatable bonds is 0. The van der Waals surface area contributed by atoms with Crippen LogP contribution >= 0.6 is 0 Å². The van der Waals surface area contributed by atoms with E-state index in [4.69, 9.17) is 0 Å². The molecule has 8 atom stereocenters. The molecule has 1 heterocycles. The number of hydrogen-bond donors (Lipinski definition) is 1. The Labute approximate surface area is 144 Å². The summed E-state index contributed by atoms with van der Waals surface area (Å²) in [7, 11) is 1.74. The summed E-state index contributed by atoms with van der Waals surface area (Å²) in [5, 5.41) is 10.9. The van der Waals surface area contributed by atoms with Crippen molar-refractivity contribution in [3.05, 3.63) is 12.2 Å². The normalized spacial score (nSPS) is 56.7. The molecule has 0 saturated heterocycles. The van der Waals surface area contributed by atoms with Crippen LogP contribution in [-0.4, -0.2) is 40.8 Å². The minimum atomic E-state index is -0.983. The van der Waals surface area contributed by atoms with Gasteiger partial charge in [0.15, 0.2) is 0 Å². The highest BCUT2D eigenvalue weighted by atomic mass is 19.1. The Kier molecular flexibility index (Phi) is 3.34. The monoisotopic (exact) mass is 335 g/mol. The second kappa shape index (κ2) is 4.84. The molecular weight excluding hydrogens is 305 g/mol. The van der Waals surface area contributed by atoms with Crippen molar-refractivity contribution in [2.75, 3.05) is 7.05 Å². The van der Waals surface area contributed by atoms with Gasteiger partial charge in [-0.2, -0.15) is 0 Å². The largest absolute Gasteiger partial charge is 0.390 e. The van der Waals surface area contributed by atoms with Crippen molar-refractivity contribution in [2.24, 2.45) is 28.6 Å². The summed E-state index contributed by atoms with van der Waals surface area (Å²) in [6.07, 6.45) is 7.02. The topological polar surface area (TPSA) is 40.5 Å². The molecule has 0 spiro atoms. The van der Waals surface area contributed by atoms with Crippen LogP contribution in [0.15, 0.2) is 12.2 Å². The standard InChI is InChI=1S/C20H30FNO2/c1-18-8-7-16(23)22(4)17(18)15(21)11-12-13(18)5-9-19(2)14(12)6-10-20(19,3)24/h7-8,12-15,17,24H,5-6,9-11H2,1-4H3/t12-,13+,14+,15+,17-,18-,19+,20+/m1/s1. The van der Waals surface area contributed by atoms with Crippen LogP contribution in [0.3, 0.4) is 0 Å². The first-order valence-corrected chi connectivity index (χ1v) is 9.44. The summed E-state index contributed by atoms with van der Waals surface area (Å²) >= 11 is 0. The lowest BCUT2D eigenvalue weighted by atomic mass is 9.47. The van der Waals surface area contributed by atoms with Crippen molar-refractivity contribution in [1.82, 2.24) is 4.90 Å². The highest BCUT2D eigenvalue weighted by Crippen LogP contribution is 2.66. The van der Waals surface area contributed by atoms with Crippen LogP contribution < -0.4 is 0 Å². The van der Waals surface area contributed by atoms with E-state index in [1.54, 1.807) is 18.0 Å². The Morgan fingerprint density at radius 2 is 1.88 bits per heavy atom. The summed E-state index contributed by atoms with van der Waals surface area (Å²) in [5.41, 5.74) is -1.03. The fourth-order valence-electron chi connectivity index (χ4n) is 7.02. The van der Waals surface area contributed by atoms with Crippen LogP contribution in [0.2, 0.25) is 0 Å². The smallest absolute Gasteiger partial charge is 0.246 e. The quantitative estimate of drug-likeness (QED) is 0.738. The predicted octanol–water partition coefficient (Wildman–Crippen LogP) is 3.32. The van der Waals surface area contributed by atoms with Gasteiger partial charge >= 0.3 is 0 Å². The van der Waals surface area contributed by atoms with Gasteiger partial charge in [0.1, 0.15) is 6.17 Å². The summed E-state index contributed by atoms with van der Waals surface area (Å²) in [6, 6.07) is -0.345. The number of hydrogen-bond acceptors (Lipinski definition) is 2. The fourth-order valence-corrected chi connectivity index (χ4v) is 7.02. The fraction of sp³-hybridized carbons (Fsp3) is 0.850. The zero-order valence-corrected chi connectivity index (χ0v) is 15.3. The van der Waals surface area contributed by atoms with Crippen LogP contribution in [-0.2, 0) is 4.79 Å². The van der Waals surface area contributed by atoms with E-state index >= 15 is 4.39 Å². The van der Waals surface area contributed by atoms with Gasteiger partial charge in [-0.05, 0) is 68.3 Å². The molecule has 0 bridgehead atoms. The van der Waals surface area contributed by atoms with E-state index in [9.17, 15) is 9.90 Å². The lowest BCUT2D eigenvalue weighted by molar-refractivity contribution is -0.158. The molecule has 1 aliphatic heterocycles. The summed E-state index contributed by atoms with van der Waals surface area (Å²) in [4.78, 5) is 13.7. The maximum absolute atomic E-state index is 15.2. The highest BCUT2D eigenvalue weighted by Gasteiger charge is 2.65. The number of alkyl halides is 1. The zero-order chi connectivity index (χ0) is 17.5. The third-order valence-electron chi connectivity index (χ3n) is 8.63. The van der Waals surface area contributed by atoms with E-state index in [1.165, 1.54) is 0 Å². The van der Waals surface area contributed by atoms with Crippen LogP contribution in [0.5, 0.6) is 0 Å². The van der Waals surface area contributed by atoms with Gasteiger partial charge in [0, 0.05) is 12.5 Å². The van der Waals surface area contributed by atoms with E-state index in [0.717, 1.165) is 25.7 Å². The van der Waals surface area contributed by atoms with Gasteiger partial charge in [-0.25, -0.2) is 4.39 Å². The van der Waals surface area contributed by atoms with Gasteiger partial charge < -0.3 is 10.0 Å². The number of aliphatic hydroxyl groups is 1. The molecule has 0 aromatic rings. The highest BCUT2D eigenvalue weighted by molar-refractivity contribution is 5.89. The first-order chi connectivity index (χ1) is 11.1. The Balaban J connectivity index is 1.74. The minimum Gasteiger partial charge on any atom is -0.390 e. The Morgan fingerprint density at radius 1 is 1.21 bits per heavy atom. The molecule has 1 amide bonds. The second-order valence-corrected chi connectivity index (χ2v) is 9.49. The van der Waals surface area contributed by atoms with Crippen LogP contribution in [0.1, 0.15) is 52.9 Å². The third kappa shape index (κ3) is 1.84. The minimum absolute atomic E-state index is 0.0805. The molecule has 0 aromatic heterocycles. The molecule has 4 heteroatoms. The van der Waals surface area contributed by atoms with Crippen molar-refractivity contribution in [3.63, 3.8) is 0 Å². The molecule has 4 rings (SSSR count). The molecule has 24 heavy (non-hydrogen) atoms. The molecule has 1 N–H and O–H groups in total. The number of carbonyl (C=O) groups excluding carboxylic acids is 1. The van der Waals surface area contributed by atoms with E-state index in [-0.39, 0.29) is 22.8 Å². The molecule has 134 valence electrons. The molecule has 0 unspecified atom stereocenters. The second-order valence-electron chi connectivity index (χ2n) is 9.49. The molecular formula is C20H30FNO2. The van der Waals surface area contributed by atoms with Crippen molar-refractivity contribution >= 4 is 5.91 Å². The molecule has 4 aliphatic rings. The number of likely N-dealkylation sites (N-methyl/N-ethyl adjacent to an activating group) is 1. The van der Waals surface area contributed by atoms with Crippen molar-refractivity contribution < 1.29 is 14.3 Å². The van der Waals surface area contributed by atoms with E-state index in [1.807, 2.05) is 13.0 Å². The molecule has 3 saturated carbocycles. The first kappa shape index (κ1) is 16.6. The lowest BCUT2D eigenvalue weighted by Crippen LogP contribution is -2.64. The average molecular weight is 335 g/mol. The number of fused-ring (bicyclic) bond motifs is 5. The maximum Gasteiger partial charge on any atom is 0.246 e. The van der Waals surface area contributed by atoms with Crippen molar-refractivity contribution in [1.29, 1.82) is 0 Å². The van der Waals surface area contributed by atoms with Gasteiger partial charge in [-0.3, -0.25) is 4.79 Å². The Bertz CT molecular complexity index is 602. The van der Waals surface area contributed by atoms with E-state index in [2.05, 4.69) is 13.8 Å². The molecule has 3 fully saturated rings. The number of amides is 1. The molecule has 3 aliphatic carbocycles. The Hall–Kier alpha value is -0.900. The average Bonchev–Trinajstić information content (AvgIpc) is 2.74. The number of carbonyl (C=O) groups is 1. The first-order valence-electron chi connectivity index (χ1n) is 9.44. The zero-order valence-electron chi connectivity index (χ0n) is 15.3. The van der Waals surface area contributed by atoms with Gasteiger partial charge in [0.25, 0.3) is 0 Å². The van der Waals surface area contributed by atoms with Crippen LogP contribution in [0, 0.1) is 28.6 Å². The van der Waals surface area contributed by atoms with E-state index < -0.39 is 11.8 Å². The van der Waals surface area contributed by atoms with Crippen molar-refractivity contribution in [3.8, 4) is 0 Å². The van der Waals surface area contributed by atoms with Crippen molar-refractivity contribution in [2.45, 2.75) is 70.7 Å². The molecule has 3 nitrogen and oxygen atoms in total. The maximum atomic E-state index is 15.2. The lowest BCUT2D eigenvalue weighted by Gasteiger charge is -2.61. The third-order valence-corrected chi connectivity index (χ3v) is 8.63. The number of halogens is 1. The summed E-state index contributed by atoms with van der Waals surface area (Å²) in [6.45, 7) is 6.34. The van der Waals surface area contributed by atoms with Crippen LogP contribution in [0.4, 0.5) is 4.39 Å². The van der Waals surface area contributed by atoms with Gasteiger partial charge in [-0.15, -0.1) is 0 Å². The van der Waals surface area contributed by atoms with E-state index in [0.29, 0.717) is 24.2 Å². The van der Waals surface area contributed by atoms with Gasteiger partial charge in [0.05, 0.1) is 11.6 Å². The summed E-state index contributed by atoms with van der Waals surface area (Å²) < 4.78 is 15.2. The SMILES string of the molecule is CN1C(=O)C=C[C@]2(C)[C@H]3CC[C@@]4(C)[C@@H](CC[C@]4(C)O)[C@@H]3C[C@H](F)[C@@H]12. The van der Waals surface area contributed by atoms with Gasteiger partial charge in [0.2, 0.25) is 5.91 Å². The number of nitrogens with zero attached hydrogens (tertiary/aromatic N) is 1. The van der Waals surface area contributed by atoms with Crippen LogP contribution in [0.25, 0.3) is 0 Å². The molecule has 0 aromatic carbocycles. The molecule has 0 radical (unpaired) electrons. The summed E-state index contributed by atoms with van der Waals surface area (Å²) in [5.74, 6) is 1.01. The van der Waals surface area contributed by atoms with Gasteiger partial charge in [-0.1, -0.05) is 19.9 Å². The predicted molar refractivity (Wildman–Crippen MR) is 91.0 cm³/mol.